The van der Waals surface area contributed by atoms with Gasteiger partial charge in [0.2, 0.25) is 0 Å². The maximum Gasteiger partial charge on any atom is 0.251 e. The fourth-order valence-corrected chi connectivity index (χ4v) is 3.98. The van der Waals surface area contributed by atoms with Crippen LogP contribution in [-0.4, -0.2) is 45.5 Å². The van der Waals surface area contributed by atoms with E-state index in [1.54, 1.807) is 18.5 Å². The predicted octanol–water partition coefficient (Wildman–Crippen LogP) is 3.02. The third kappa shape index (κ3) is 4.35. The van der Waals surface area contributed by atoms with Crippen LogP contribution in [0.25, 0.3) is 11.4 Å². The highest BCUT2D eigenvalue weighted by molar-refractivity contribution is 5.52. The van der Waals surface area contributed by atoms with Gasteiger partial charge in [-0.25, -0.2) is 9.97 Å². The molecular weight excluding hydrogens is 364 g/mol. The minimum atomic E-state index is -0.130. The Morgan fingerprint density at radius 2 is 2.07 bits per heavy atom. The van der Waals surface area contributed by atoms with Crippen molar-refractivity contribution < 1.29 is 0 Å². The molecule has 4 heterocycles. The molecule has 1 aliphatic heterocycles. The van der Waals surface area contributed by atoms with Crippen molar-refractivity contribution in [2.75, 3.05) is 25.5 Å². The summed E-state index contributed by atoms with van der Waals surface area (Å²) in [5, 5.41) is 0. The van der Waals surface area contributed by atoms with Crippen LogP contribution < -0.4 is 10.5 Å². The zero-order valence-corrected chi connectivity index (χ0v) is 16.9. The Bertz CT molecular complexity index is 1020. The number of aromatic nitrogens is 4. The van der Waals surface area contributed by atoms with Gasteiger partial charge in [-0.1, -0.05) is 12.5 Å². The fourth-order valence-electron chi connectivity index (χ4n) is 3.98. The lowest BCUT2D eigenvalue weighted by Gasteiger charge is -2.36. The van der Waals surface area contributed by atoms with Crippen molar-refractivity contribution in [3.63, 3.8) is 0 Å². The van der Waals surface area contributed by atoms with Gasteiger partial charge in [0, 0.05) is 56.4 Å². The lowest BCUT2D eigenvalue weighted by Crippen LogP contribution is -2.34. The molecule has 7 heteroatoms. The quantitative estimate of drug-likeness (QED) is 0.722. The average molecular weight is 390 g/mol. The molecule has 0 bridgehead atoms. The van der Waals surface area contributed by atoms with Crippen molar-refractivity contribution in [3.8, 4) is 11.4 Å². The zero-order valence-electron chi connectivity index (χ0n) is 16.9. The first-order chi connectivity index (χ1) is 14.1. The normalized spacial score (nSPS) is 17.2. The van der Waals surface area contributed by atoms with Gasteiger partial charge in [-0.3, -0.25) is 14.7 Å². The van der Waals surface area contributed by atoms with Crippen LogP contribution in [0.5, 0.6) is 0 Å². The molecule has 1 saturated heterocycles. The van der Waals surface area contributed by atoms with E-state index in [1.807, 2.05) is 43.4 Å². The van der Waals surface area contributed by atoms with Gasteiger partial charge in [-0.2, -0.15) is 0 Å². The van der Waals surface area contributed by atoms with E-state index in [-0.39, 0.29) is 11.6 Å². The number of nitrogens with one attached hydrogen (secondary N) is 1. The van der Waals surface area contributed by atoms with Crippen molar-refractivity contribution in [2.45, 2.75) is 31.8 Å². The van der Waals surface area contributed by atoms with Gasteiger partial charge in [0.05, 0.1) is 11.7 Å². The highest BCUT2D eigenvalue weighted by atomic mass is 16.1. The molecule has 0 aromatic carbocycles. The molecule has 0 aliphatic carbocycles. The highest BCUT2D eigenvalue weighted by Crippen LogP contribution is 2.32. The molecule has 0 amide bonds. The summed E-state index contributed by atoms with van der Waals surface area (Å²) in [6.45, 7) is 1.76. The Hall–Kier alpha value is -3.06. The molecule has 0 unspecified atom stereocenters. The number of rotatable bonds is 5. The first kappa shape index (κ1) is 19.3. The molecule has 4 rings (SSSR count). The van der Waals surface area contributed by atoms with Crippen LogP contribution in [0.2, 0.25) is 0 Å². The number of aromatic amines is 1. The lowest BCUT2D eigenvalue weighted by atomic mass is 9.98. The van der Waals surface area contributed by atoms with Gasteiger partial charge < -0.3 is 9.88 Å². The molecule has 0 spiro atoms. The molecule has 1 N–H and O–H groups in total. The largest absolute Gasteiger partial charge is 0.362 e. The van der Waals surface area contributed by atoms with Gasteiger partial charge in [-0.05, 0) is 37.6 Å². The topological polar surface area (TPSA) is 78.0 Å². The van der Waals surface area contributed by atoms with Gasteiger partial charge in [-0.15, -0.1) is 0 Å². The minimum Gasteiger partial charge on any atom is -0.362 e. The average Bonchev–Trinajstić information content (AvgIpc) is 2.74. The lowest BCUT2D eigenvalue weighted by molar-refractivity contribution is 0.137. The fraction of sp³-hybridized carbons (Fsp3) is 0.364. The maximum atomic E-state index is 12.4. The summed E-state index contributed by atoms with van der Waals surface area (Å²) in [7, 11) is 4.02. The van der Waals surface area contributed by atoms with Crippen LogP contribution >= 0.6 is 0 Å². The van der Waals surface area contributed by atoms with Gasteiger partial charge >= 0.3 is 0 Å². The second kappa shape index (κ2) is 8.53. The number of nitrogens with zero attached hydrogens (tertiary/aromatic N) is 5. The standard InChI is InChI=1S/C22H26N6O/c1-27(2)22-17(8-6-11-24-22)15-28-12-4-3-9-19(28)18-13-20(29)26-21(25-18)16-7-5-10-23-14-16/h5-8,10-11,13-14,19H,3-4,9,12,15H2,1-2H3,(H,25,26,29)/t19-/m0/s1. The summed E-state index contributed by atoms with van der Waals surface area (Å²) in [5.41, 5.74) is 2.69. The van der Waals surface area contributed by atoms with Crippen molar-refractivity contribution in [2.24, 2.45) is 0 Å². The second-order valence-electron chi connectivity index (χ2n) is 7.62. The summed E-state index contributed by atoms with van der Waals surface area (Å²) >= 11 is 0. The SMILES string of the molecule is CN(C)c1ncccc1CN1CCCC[C@H]1c1cc(=O)[nH]c(-c2cccnc2)n1. The summed E-state index contributed by atoms with van der Waals surface area (Å²) in [4.78, 5) is 33.2. The van der Waals surface area contributed by atoms with Crippen molar-refractivity contribution >= 4 is 5.82 Å². The van der Waals surface area contributed by atoms with Crippen LogP contribution in [0.3, 0.4) is 0 Å². The molecule has 3 aromatic rings. The molecule has 0 radical (unpaired) electrons. The molecule has 3 aromatic heterocycles. The second-order valence-corrected chi connectivity index (χ2v) is 7.62. The maximum absolute atomic E-state index is 12.4. The number of piperidine rings is 1. The molecule has 1 atom stereocenters. The first-order valence-electron chi connectivity index (χ1n) is 9.99. The predicted molar refractivity (Wildman–Crippen MR) is 114 cm³/mol. The van der Waals surface area contributed by atoms with Gasteiger partial charge in [0.1, 0.15) is 11.6 Å². The number of hydrogen-bond acceptors (Lipinski definition) is 6. The summed E-state index contributed by atoms with van der Waals surface area (Å²) < 4.78 is 0. The smallest absolute Gasteiger partial charge is 0.251 e. The summed E-state index contributed by atoms with van der Waals surface area (Å²) in [5.74, 6) is 1.55. The molecule has 7 nitrogen and oxygen atoms in total. The van der Waals surface area contributed by atoms with Crippen LogP contribution in [-0.2, 0) is 6.54 Å². The molecule has 1 fully saturated rings. The van der Waals surface area contributed by atoms with E-state index in [1.165, 1.54) is 5.56 Å². The molecule has 150 valence electrons. The number of hydrogen-bond donors (Lipinski definition) is 1. The van der Waals surface area contributed by atoms with Crippen LogP contribution in [0.15, 0.2) is 53.7 Å². The van der Waals surface area contributed by atoms with Crippen LogP contribution in [0.1, 0.15) is 36.6 Å². The van der Waals surface area contributed by atoms with Crippen molar-refractivity contribution in [1.82, 2.24) is 24.8 Å². The van der Waals surface area contributed by atoms with E-state index in [4.69, 9.17) is 4.98 Å². The van der Waals surface area contributed by atoms with E-state index in [0.29, 0.717) is 5.82 Å². The minimum absolute atomic E-state index is 0.108. The zero-order chi connectivity index (χ0) is 20.2. The Balaban J connectivity index is 1.67. The van der Waals surface area contributed by atoms with Gasteiger partial charge in [0.25, 0.3) is 5.56 Å². The first-order valence-corrected chi connectivity index (χ1v) is 9.99. The Kier molecular flexibility index (Phi) is 5.67. The molecule has 29 heavy (non-hydrogen) atoms. The van der Waals surface area contributed by atoms with E-state index < -0.39 is 0 Å². The Labute approximate surface area is 170 Å². The monoisotopic (exact) mass is 390 g/mol. The number of anilines is 1. The van der Waals surface area contributed by atoms with Gasteiger partial charge in [0.15, 0.2) is 0 Å². The third-order valence-electron chi connectivity index (χ3n) is 5.32. The Morgan fingerprint density at radius 1 is 1.21 bits per heavy atom. The van der Waals surface area contributed by atoms with E-state index in [0.717, 1.165) is 49.4 Å². The van der Waals surface area contributed by atoms with Crippen LogP contribution in [0.4, 0.5) is 5.82 Å². The number of H-pyrrole nitrogens is 1. The number of pyridine rings is 2. The summed E-state index contributed by atoms with van der Waals surface area (Å²) in [6, 6.07) is 9.61. The van der Waals surface area contributed by atoms with Crippen molar-refractivity contribution in [3.05, 3.63) is 70.5 Å². The van der Waals surface area contributed by atoms with E-state index in [9.17, 15) is 4.79 Å². The molecular formula is C22H26N6O. The van der Waals surface area contributed by atoms with E-state index in [2.05, 4.69) is 25.9 Å². The van der Waals surface area contributed by atoms with Crippen molar-refractivity contribution in [1.29, 1.82) is 0 Å². The van der Waals surface area contributed by atoms with E-state index >= 15 is 0 Å². The Morgan fingerprint density at radius 3 is 2.86 bits per heavy atom. The molecule has 0 saturated carbocycles. The number of likely N-dealkylation sites (tertiary alicyclic amines) is 1. The molecule has 1 aliphatic rings. The van der Waals surface area contributed by atoms with Crippen LogP contribution in [0, 0.1) is 0 Å². The highest BCUT2D eigenvalue weighted by Gasteiger charge is 2.27. The third-order valence-corrected chi connectivity index (χ3v) is 5.32. The summed E-state index contributed by atoms with van der Waals surface area (Å²) in [6.07, 6.45) is 8.52.